The van der Waals surface area contributed by atoms with Gasteiger partial charge >= 0.3 is 0 Å². The van der Waals surface area contributed by atoms with Gasteiger partial charge in [0.25, 0.3) is 0 Å². The van der Waals surface area contributed by atoms with E-state index in [0.717, 1.165) is 48.9 Å². The molecular weight excluding hydrogens is 416 g/mol. The van der Waals surface area contributed by atoms with Gasteiger partial charge in [-0.3, -0.25) is 9.78 Å². The van der Waals surface area contributed by atoms with E-state index < -0.39 is 0 Å². The molecule has 3 aliphatic carbocycles. The molecule has 0 bridgehead atoms. The van der Waals surface area contributed by atoms with Crippen molar-refractivity contribution >= 4 is 11.4 Å². The fraction of sp³-hybridized carbons (Fsp3) is 0.581. The van der Waals surface area contributed by atoms with E-state index in [-0.39, 0.29) is 5.78 Å². The van der Waals surface area contributed by atoms with Crippen molar-refractivity contribution in [1.29, 1.82) is 5.26 Å². The van der Waals surface area contributed by atoms with Crippen LogP contribution in [0.25, 0.3) is 5.57 Å². The quantitative estimate of drug-likeness (QED) is 0.452. The number of aromatic nitrogens is 1. The maximum atomic E-state index is 13.1. The number of hydrogen-bond donors (Lipinski definition) is 0. The van der Waals surface area contributed by atoms with Crippen LogP contribution in [0.5, 0.6) is 0 Å². The Balaban J connectivity index is 1.66. The summed E-state index contributed by atoms with van der Waals surface area (Å²) in [4.78, 5) is 18.4. The highest BCUT2D eigenvalue weighted by atomic mass is 16.1. The number of nitrogens with zero attached hydrogens (tertiary/aromatic N) is 2. The minimum atomic E-state index is 0.106. The van der Waals surface area contributed by atoms with Crippen LogP contribution in [0.15, 0.2) is 41.5 Å². The third kappa shape index (κ3) is 5.60. The summed E-state index contributed by atoms with van der Waals surface area (Å²) in [6.45, 7) is 14.2. The number of carbonyl (C=O) groups excluding carboxylic acids is 1. The molecule has 0 saturated heterocycles. The van der Waals surface area contributed by atoms with Crippen molar-refractivity contribution in [3.8, 4) is 6.07 Å². The molecule has 4 rings (SSSR count). The summed E-state index contributed by atoms with van der Waals surface area (Å²) in [5.41, 5.74) is 6.88. The van der Waals surface area contributed by atoms with Gasteiger partial charge in [-0.2, -0.15) is 5.26 Å². The number of rotatable bonds is 5. The molecular formula is C31H40N2O. The van der Waals surface area contributed by atoms with Crippen molar-refractivity contribution in [3.05, 3.63) is 58.5 Å². The monoisotopic (exact) mass is 456 g/mol. The fourth-order valence-corrected chi connectivity index (χ4v) is 6.58. The predicted molar refractivity (Wildman–Crippen MR) is 139 cm³/mol. The van der Waals surface area contributed by atoms with E-state index in [1.807, 2.05) is 6.08 Å². The molecule has 3 heteroatoms. The minimum absolute atomic E-state index is 0.106. The van der Waals surface area contributed by atoms with E-state index in [0.29, 0.717) is 40.6 Å². The SMILES string of the molecule is CC1(C)CC=C(c2nc(C3CC(C)(C)CC(C)(C)C3)ccc2CC(=O)C2=CC=C(C#N)C2)CC1. The van der Waals surface area contributed by atoms with E-state index >= 15 is 0 Å². The lowest BCUT2D eigenvalue weighted by Crippen LogP contribution is -2.33. The van der Waals surface area contributed by atoms with Crippen LogP contribution in [0.4, 0.5) is 0 Å². The Morgan fingerprint density at radius 2 is 1.76 bits per heavy atom. The highest BCUT2D eigenvalue weighted by Crippen LogP contribution is 2.51. The van der Waals surface area contributed by atoms with Crippen LogP contribution in [0, 0.1) is 27.6 Å². The Hall–Kier alpha value is -2.47. The van der Waals surface area contributed by atoms with Crippen molar-refractivity contribution in [2.45, 2.75) is 98.8 Å². The molecule has 1 aromatic rings. The van der Waals surface area contributed by atoms with Crippen molar-refractivity contribution in [2.24, 2.45) is 16.2 Å². The highest BCUT2D eigenvalue weighted by Gasteiger charge is 2.39. The average Bonchev–Trinajstić information content (AvgIpc) is 3.21. The number of carbonyl (C=O) groups is 1. The van der Waals surface area contributed by atoms with Gasteiger partial charge in [0.05, 0.1) is 11.8 Å². The molecule has 1 fully saturated rings. The maximum absolute atomic E-state index is 13.1. The number of hydrogen-bond acceptors (Lipinski definition) is 3. The first-order chi connectivity index (χ1) is 15.9. The summed E-state index contributed by atoms with van der Waals surface area (Å²) in [7, 11) is 0. The van der Waals surface area contributed by atoms with Gasteiger partial charge in [-0.05, 0) is 78.0 Å². The van der Waals surface area contributed by atoms with Gasteiger partial charge in [0.1, 0.15) is 0 Å². The smallest absolute Gasteiger partial charge is 0.163 e. The molecule has 1 aromatic heterocycles. The molecule has 0 amide bonds. The lowest BCUT2D eigenvalue weighted by molar-refractivity contribution is -0.115. The average molecular weight is 457 g/mol. The van der Waals surface area contributed by atoms with Gasteiger partial charge in [-0.25, -0.2) is 0 Å². The second-order valence-electron chi connectivity index (χ2n) is 13.2. The number of ketones is 1. The van der Waals surface area contributed by atoms with Crippen LogP contribution in [0.3, 0.4) is 0 Å². The topological polar surface area (TPSA) is 53.8 Å². The first-order valence-electron chi connectivity index (χ1n) is 12.9. The molecule has 180 valence electrons. The Labute approximate surface area is 206 Å². The van der Waals surface area contributed by atoms with Gasteiger partial charge < -0.3 is 0 Å². The van der Waals surface area contributed by atoms with E-state index in [1.165, 1.54) is 17.7 Å². The summed E-state index contributed by atoms with van der Waals surface area (Å²) in [5.74, 6) is 0.553. The van der Waals surface area contributed by atoms with E-state index in [1.54, 1.807) is 6.08 Å². The molecule has 1 heterocycles. The zero-order chi connectivity index (χ0) is 24.7. The lowest BCUT2D eigenvalue weighted by Gasteiger charge is -2.45. The fourth-order valence-electron chi connectivity index (χ4n) is 6.58. The third-order valence-corrected chi connectivity index (χ3v) is 7.97. The Bertz CT molecular complexity index is 1100. The van der Waals surface area contributed by atoms with Crippen molar-refractivity contribution in [3.63, 3.8) is 0 Å². The van der Waals surface area contributed by atoms with E-state index in [4.69, 9.17) is 10.2 Å². The van der Waals surface area contributed by atoms with Crippen molar-refractivity contribution < 1.29 is 4.79 Å². The third-order valence-electron chi connectivity index (χ3n) is 7.97. The van der Waals surface area contributed by atoms with Crippen LogP contribution < -0.4 is 0 Å². The van der Waals surface area contributed by atoms with Crippen LogP contribution in [0.1, 0.15) is 109 Å². The zero-order valence-corrected chi connectivity index (χ0v) is 21.9. The highest BCUT2D eigenvalue weighted by molar-refractivity contribution is 5.99. The number of pyridine rings is 1. The van der Waals surface area contributed by atoms with E-state index in [9.17, 15) is 4.79 Å². The molecule has 34 heavy (non-hydrogen) atoms. The summed E-state index contributed by atoms with van der Waals surface area (Å²) >= 11 is 0. The van der Waals surface area contributed by atoms with Gasteiger partial charge in [0, 0.05) is 35.6 Å². The molecule has 3 aliphatic rings. The summed E-state index contributed by atoms with van der Waals surface area (Å²) in [6.07, 6.45) is 13.5. The van der Waals surface area contributed by atoms with Gasteiger partial charge in [-0.15, -0.1) is 0 Å². The van der Waals surface area contributed by atoms with Crippen LogP contribution >= 0.6 is 0 Å². The van der Waals surface area contributed by atoms with Gasteiger partial charge in [0.2, 0.25) is 0 Å². The molecule has 0 N–H and O–H groups in total. The van der Waals surface area contributed by atoms with Crippen LogP contribution in [-0.4, -0.2) is 10.8 Å². The van der Waals surface area contributed by atoms with Crippen molar-refractivity contribution in [1.82, 2.24) is 4.98 Å². The molecule has 0 unspecified atom stereocenters. The predicted octanol–water partition coefficient (Wildman–Crippen LogP) is 7.89. The largest absolute Gasteiger partial charge is 0.294 e. The number of nitriles is 1. The zero-order valence-electron chi connectivity index (χ0n) is 21.9. The summed E-state index contributed by atoms with van der Waals surface area (Å²) < 4.78 is 0. The molecule has 0 radical (unpaired) electrons. The molecule has 3 nitrogen and oxygen atoms in total. The second kappa shape index (κ2) is 8.95. The molecule has 0 aromatic carbocycles. The summed E-state index contributed by atoms with van der Waals surface area (Å²) in [6, 6.07) is 6.53. The van der Waals surface area contributed by atoms with Crippen LogP contribution in [-0.2, 0) is 11.2 Å². The minimum Gasteiger partial charge on any atom is -0.294 e. The molecule has 0 aliphatic heterocycles. The first kappa shape index (κ1) is 24.6. The summed E-state index contributed by atoms with van der Waals surface area (Å²) in [5, 5.41) is 9.16. The van der Waals surface area contributed by atoms with Crippen LogP contribution in [0.2, 0.25) is 0 Å². The van der Waals surface area contributed by atoms with Gasteiger partial charge in [-0.1, -0.05) is 59.8 Å². The second-order valence-corrected chi connectivity index (χ2v) is 13.2. The van der Waals surface area contributed by atoms with Crippen molar-refractivity contribution in [2.75, 3.05) is 0 Å². The molecule has 1 saturated carbocycles. The van der Waals surface area contributed by atoms with Gasteiger partial charge in [0.15, 0.2) is 5.78 Å². The lowest BCUT2D eigenvalue weighted by atomic mass is 9.61. The first-order valence-corrected chi connectivity index (χ1v) is 12.9. The Morgan fingerprint density at radius 3 is 2.35 bits per heavy atom. The molecule has 0 atom stereocenters. The number of allylic oxidation sites excluding steroid dienone is 6. The normalized spacial score (nSPS) is 23.5. The van der Waals surface area contributed by atoms with E-state index in [2.05, 4.69) is 65.8 Å². The maximum Gasteiger partial charge on any atom is 0.163 e. The standard InChI is InChI=1S/C31H40N2O/c1-29(2)13-11-22(12-14-29)28-24(16-27(34)23-8-7-21(15-23)19-32)9-10-26(33-28)25-17-30(3,4)20-31(5,6)18-25/h7-11,25H,12-18,20H2,1-6H3. The number of Topliss-reactive ketones (excluding diaryl/α,β-unsaturated/α-hetero) is 1. The Morgan fingerprint density at radius 1 is 1.06 bits per heavy atom. The Kier molecular flexibility index (Phi) is 6.49. The molecule has 0 spiro atoms.